The molecule has 1 fully saturated rings. The highest BCUT2D eigenvalue weighted by molar-refractivity contribution is 5.78. The van der Waals surface area contributed by atoms with Gasteiger partial charge >= 0.3 is 0 Å². The summed E-state index contributed by atoms with van der Waals surface area (Å²) in [5.74, 6) is 5.02. The van der Waals surface area contributed by atoms with Crippen LogP contribution in [0.15, 0.2) is 24.3 Å². The molecule has 1 amide bonds. The van der Waals surface area contributed by atoms with E-state index in [4.69, 9.17) is 5.84 Å². The van der Waals surface area contributed by atoms with Crippen molar-refractivity contribution in [2.75, 3.05) is 7.05 Å². The first-order chi connectivity index (χ1) is 9.20. The second kappa shape index (κ2) is 6.68. The number of benzene rings is 1. The lowest BCUT2D eigenvalue weighted by Gasteiger charge is -2.25. The van der Waals surface area contributed by atoms with Crippen molar-refractivity contribution in [3.8, 4) is 0 Å². The summed E-state index contributed by atoms with van der Waals surface area (Å²) in [6.45, 7) is 0.901. The van der Waals surface area contributed by atoms with Gasteiger partial charge in [-0.1, -0.05) is 37.1 Å². The van der Waals surface area contributed by atoms with E-state index >= 15 is 0 Å². The molecule has 1 aliphatic carbocycles. The van der Waals surface area contributed by atoms with Crippen molar-refractivity contribution < 1.29 is 4.79 Å². The van der Waals surface area contributed by atoms with Gasteiger partial charge in [-0.15, -0.1) is 0 Å². The normalized spacial score (nSPS) is 15.9. The van der Waals surface area contributed by atoms with E-state index in [2.05, 4.69) is 23.4 Å². The van der Waals surface area contributed by atoms with Gasteiger partial charge in [-0.2, -0.15) is 0 Å². The van der Waals surface area contributed by atoms with Crippen molar-refractivity contribution in [1.82, 2.24) is 10.3 Å². The zero-order valence-corrected chi connectivity index (χ0v) is 11.6. The molecule has 4 heteroatoms. The first kappa shape index (κ1) is 14.0. The van der Waals surface area contributed by atoms with Crippen molar-refractivity contribution in [2.24, 2.45) is 5.84 Å². The van der Waals surface area contributed by atoms with Gasteiger partial charge in [-0.25, -0.2) is 5.84 Å². The van der Waals surface area contributed by atoms with Crippen LogP contribution in [0.3, 0.4) is 0 Å². The number of nitrogens with one attached hydrogen (secondary N) is 1. The number of carbonyl (C=O) groups is 1. The minimum atomic E-state index is -0.143. The van der Waals surface area contributed by atoms with Crippen LogP contribution in [0.25, 0.3) is 0 Å². The molecule has 1 aromatic carbocycles. The molecule has 2 rings (SSSR count). The van der Waals surface area contributed by atoms with Gasteiger partial charge in [0.15, 0.2) is 0 Å². The zero-order valence-electron chi connectivity index (χ0n) is 11.6. The van der Waals surface area contributed by atoms with E-state index in [-0.39, 0.29) is 5.91 Å². The van der Waals surface area contributed by atoms with Crippen molar-refractivity contribution in [3.63, 3.8) is 0 Å². The topological polar surface area (TPSA) is 58.4 Å². The maximum atomic E-state index is 11.4. The highest BCUT2D eigenvalue weighted by Crippen LogP contribution is 2.24. The Bertz CT molecular complexity index is 427. The molecule has 0 heterocycles. The van der Waals surface area contributed by atoms with Crippen LogP contribution in [0.5, 0.6) is 0 Å². The lowest BCUT2D eigenvalue weighted by Crippen LogP contribution is -2.32. The Morgan fingerprint density at radius 2 is 1.95 bits per heavy atom. The van der Waals surface area contributed by atoms with E-state index in [1.165, 1.54) is 31.2 Å². The van der Waals surface area contributed by atoms with Crippen molar-refractivity contribution in [3.05, 3.63) is 35.4 Å². The largest absolute Gasteiger partial charge is 0.299 e. The summed E-state index contributed by atoms with van der Waals surface area (Å²) in [5.41, 5.74) is 4.48. The highest BCUT2D eigenvalue weighted by Gasteiger charge is 2.20. The Morgan fingerprint density at radius 1 is 1.32 bits per heavy atom. The van der Waals surface area contributed by atoms with E-state index in [0.717, 1.165) is 12.1 Å². The molecule has 0 bridgehead atoms. The van der Waals surface area contributed by atoms with Crippen LogP contribution in [-0.2, 0) is 17.8 Å². The van der Waals surface area contributed by atoms with E-state index in [9.17, 15) is 4.79 Å². The van der Waals surface area contributed by atoms with Crippen LogP contribution in [-0.4, -0.2) is 23.9 Å². The number of nitrogens with two attached hydrogens (primary N) is 1. The van der Waals surface area contributed by atoms with Crippen LogP contribution >= 0.6 is 0 Å². The fourth-order valence-corrected chi connectivity index (χ4v) is 2.85. The molecule has 0 atom stereocenters. The van der Waals surface area contributed by atoms with Gasteiger partial charge < -0.3 is 0 Å². The molecule has 1 aliphatic rings. The number of rotatable bonds is 5. The van der Waals surface area contributed by atoms with E-state index in [1.807, 2.05) is 18.2 Å². The average molecular weight is 261 g/mol. The molecule has 0 saturated heterocycles. The predicted molar refractivity (Wildman–Crippen MR) is 76.2 cm³/mol. The van der Waals surface area contributed by atoms with Crippen LogP contribution in [0.1, 0.15) is 36.8 Å². The monoisotopic (exact) mass is 261 g/mol. The summed E-state index contributed by atoms with van der Waals surface area (Å²) in [5, 5.41) is 0. The number of nitrogens with zero attached hydrogens (tertiary/aromatic N) is 1. The fraction of sp³-hybridized carbons (Fsp3) is 0.533. The molecule has 0 aliphatic heterocycles. The number of hydrogen-bond acceptors (Lipinski definition) is 3. The van der Waals surface area contributed by atoms with Crippen LogP contribution in [0.2, 0.25) is 0 Å². The minimum absolute atomic E-state index is 0.143. The van der Waals surface area contributed by atoms with Gasteiger partial charge in [-0.05, 0) is 31.0 Å². The second-order valence-corrected chi connectivity index (χ2v) is 5.37. The third-order valence-corrected chi connectivity index (χ3v) is 4.00. The molecule has 1 aromatic rings. The van der Waals surface area contributed by atoms with Gasteiger partial charge in [0.2, 0.25) is 5.91 Å². The van der Waals surface area contributed by atoms with Gasteiger partial charge in [-0.3, -0.25) is 15.1 Å². The third-order valence-electron chi connectivity index (χ3n) is 4.00. The van der Waals surface area contributed by atoms with Gasteiger partial charge in [0.05, 0.1) is 6.42 Å². The Hall–Kier alpha value is -1.39. The molecule has 0 spiro atoms. The summed E-state index contributed by atoms with van der Waals surface area (Å²) in [4.78, 5) is 13.8. The van der Waals surface area contributed by atoms with Crippen molar-refractivity contribution in [2.45, 2.75) is 44.7 Å². The molecule has 4 nitrogen and oxygen atoms in total. The fourth-order valence-electron chi connectivity index (χ4n) is 2.85. The third kappa shape index (κ3) is 3.78. The van der Waals surface area contributed by atoms with Crippen molar-refractivity contribution in [1.29, 1.82) is 0 Å². The Morgan fingerprint density at radius 3 is 2.58 bits per heavy atom. The second-order valence-electron chi connectivity index (χ2n) is 5.37. The van der Waals surface area contributed by atoms with Crippen LogP contribution in [0, 0.1) is 0 Å². The van der Waals surface area contributed by atoms with Gasteiger partial charge in [0, 0.05) is 12.6 Å². The summed E-state index contributed by atoms with van der Waals surface area (Å²) >= 11 is 0. The molecule has 1 saturated carbocycles. The van der Waals surface area contributed by atoms with E-state index in [1.54, 1.807) is 0 Å². The van der Waals surface area contributed by atoms with Crippen LogP contribution in [0.4, 0.5) is 0 Å². The minimum Gasteiger partial charge on any atom is -0.299 e. The summed E-state index contributed by atoms with van der Waals surface area (Å²) < 4.78 is 0. The molecule has 0 radical (unpaired) electrons. The lowest BCUT2D eigenvalue weighted by molar-refractivity contribution is -0.120. The summed E-state index contributed by atoms with van der Waals surface area (Å²) in [6.07, 6.45) is 5.62. The Balaban J connectivity index is 2.04. The number of hydrogen-bond donors (Lipinski definition) is 2. The molecule has 104 valence electrons. The summed E-state index contributed by atoms with van der Waals surface area (Å²) in [7, 11) is 2.18. The molecule has 3 N–H and O–H groups in total. The molecule has 0 unspecified atom stereocenters. The van der Waals surface area contributed by atoms with Crippen LogP contribution < -0.4 is 11.3 Å². The number of carbonyl (C=O) groups excluding carboxylic acids is 1. The lowest BCUT2D eigenvalue weighted by atomic mass is 10.0. The molecule has 19 heavy (non-hydrogen) atoms. The SMILES string of the molecule is CN(Cc1ccccc1CC(=O)NN)C1CCCC1. The molecular weight excluding hydrogens is 238 g/mol. The van der Waals surface area contributed by atoms with Gasteiger partial charge in [0.1, 0.15) is 0 Å². The zero-order chi connectivity index (χ0) is 13.7. The number of amides is 1. The molecular formula is C15H23N3O. The highest BCUT2D eigenvalue weighted by atomic mass is 16.2. The first-order valence-corrected chi connectivity index (χ1v) is 6.97. The smallest absolute Gasteiger partial charge is 0.238 e. The molecule has 0 aromatic heterocycles. The van der Waals surface area contributed by atoms with E-state index < -0.39 is 0 Å². The maximum Gasteiger partial charge on any atom is 0.238 e. The standard InChI is InChI=1S/C15H23N3O/c1-18(14-8-4-5-9-14)11-13-7-3-2-6-12(13)10-15(19)17-16/h2-3,6-7,14H,4-5,8-11,16H2,1H3,(H,17,19). The maximum absolute atomic E-state index is 11.4. The average Bonchev–Trinajstić information content (AvgIpc) is 2.95. The predicted octanol–water partition coefficient (Wildman–Crippen LogP) is 1.59. The quantitative estimate of drug-likeness (QED) is 0.481. The van der Waals surface area contributed by atoms with Crippen molar-refractivity contribution >= 4 is 5.91 Å². The summed E-state index contributed by atoms with van der Waals surface area (Å²) in [6, 6.07) is 8.80. The number of hydrazine groups is 1. The Labute approximate surface area is 114 Å². The van der Waals surface area contributed by atoms with E-state index in [0.29, 0.717) is 12.5 Å². The van der Waals surface area contributed by atoms with Gasteiger partial charge in [0.25, 0.3) is 0 Å². The Kier molecular flexibility index (Phi) is 4.93. The first-order valence-electron chi connectivity index (χ1n) is 6.97.